The van der Waals surface area contributed by atoms with Gasteiger partial charge in [0.2, 0.25) is 0 Å². The SMILES string of the molecule is O=C(OCCO)c1ccc(CS(=O)(=O)c2cccc(-c3cc(F)ccc3O)c2)cc1O. The zero-order chi connectivity index (χ0) is 22.6. The van der Waals surface area contributed by atoms with Crippen molar-refractivity contribution in [3.05, 3.63) is 77.6 Å². The van der Waals surface area contributed by atoms with E-state index in [1.54, 1.807) is 6.07 Å². The Morgan fingerprint density at radius 3 is 2.45 bits per heavy atom. The van der Waals surface area contributed by atoms with Gasteiger partial charge < -0.3 is 20.1 Å². The van der Waals surface area contributed by atoms with Crippen molar-refractivity contribution in [1.29, 1.82) is 0 Å². The van der Waals surface area contributed by atoms with E-state index in [9.17, 15) is 27.8 Å². The number of aliphatic hydroxyl groups excluding tert-OH is 1. The average Bonchev–Trinajstić information content (AvgIpc) is 2.73. The van der Waals surface area contributed by atoms with Crippen molar-refractivity contribution in [3.8, 4) is 22.6 Å². The van der Waals surface area contributed by atoms with E-state index in [0.29, 0.717) is 5.56 Å². The van der Waals surface area contributed by atoms with E-state index in [2.05, 4.69) is 0 Å². The predicted octanol–water partition coefficient (Wildman–Crippen LogP) is 3.03. The minimum Gasteiger partial charge on any atom is -0.507 e. The molecule has 0 unspecified atom stereocenters. The molecule has 0 radical (unpaired) electrons. The van der Waals surface area contributed by atoms with E-state index in [1.807, 2.05) is 0 Å². The molecule has 0 aliphatic carbocycles. The Balaban J connectivity index is 1.87. The predicted molar refractivity (Wildman–Crippen MR) is 110 cm³/mol. The molecule has 0 bridgehead atoms. The van der Waals surface area contributed by atoms with Crippen LogP contribution < -0.4 is 0 Å². The summed E-state index contributed by atoms with van der Waals surface area (Å²) in [6.45, 7) is -0.596. The maximum Gasteiger partial charge on any atom is 0.341 e. The summed E-state index contributed by atoms with van der Waals surface area (Å²) in [5.41, 5.74) is 0.553. The highest BCUT2D eigenvalue weighted by Crippen LogP contribution is 2.32. The number of benzene rings is 3. The highest BCUT2D eigenvalue weighted by atomic mass is 32.2. The maximum atomic E-state index is 13.6. The van der Waals surface area contributed by atoms with Crippen molar-refractivity contribution in [3.63, 3.8) is 0 Å². The third-order valence-electron chi connectivity index (χ3n) is 4.43. The summed E-state index contributed by atoms with van der Waals surface area (Å²) in [6.07, 6.45) is 0. The van der Waals surface area contributed by atoms with E-state index in [1.165, 1.54) is 36.4 Å². The van der Waals surface area contributed by atoms with E-state index in [4.69, 9.17) is 9.84 Å². The molecule has 0 aromatic heterocycles. The molecule has 3 aromatic rings. The number of phenolic OH excluding ortho intramolecular Hbond substituents is 2. The van der Waals surface area contributed by atoms with Gasteiger partial charge in [-0.25, -0.2) is 17.6 Å². The second-order valence-electron chi connectivity index (χ2n) is 6.66. The Hall–Kier alpha value is -3.43. The average molecular weight is 446 g/mol. The first kappa shape index (κ1) is 22.3. The van der Waals surface area contributed by atoms with E-state index in [0.717, 1.165) is 18.2 Å². The normalized spacial score (nSPS) is 11.3. The summed E-state index contributed by atoms with van der Waals surface area (Å²) in [7, 11) is -3.87. The molecule has 0 aliphatic heterocycles. The van der Waals surface area contributed by atoms with E-state index in [-0.39, 0.29) is 40.5 Å². The first-order chi connectivity index (χ1) is 14.7. The van der Waals surface area contributed by atoms with Gasteiger partial charge in [0.15, 0.2) is 9.84 Å². The molecular weight excluding hydrogens is 427 g/mol. The minimum absolute atomic E-state index is 0.0559. The van der Waals surface area contributed by atoms with E-state index >= 15 is 0 Å². The van der Waals surface area contributed by atoms with Crippen molar-refractivity contribution >= 4 is 15.8 Å². The molecule has 0 atom stereocenters. The number of phenols is 2. The van der Waals surface area contributed by atoms with Crippen molar-refractivity contribution < 1.29 is 37.7 Å². The monoisotopic (exact) mass is 446 g/mol. The molecule has 3 aromatic carbocycles. The van der Waals surface area contributed by atoms with Crippen LogP contribution in [0.25, 0.3) is 11.1 Å². The standard InChI is InChI=1S/C22H19FO7S/c23-16-5-7-20(25)19(12-16)15-2-1-3-17(11-15)31(28,29)13-14-4-6-18(21(26)10-14)22(27)30-9-8-24/h1-7,10-12,24-26H,8-9,13H2. The van der Waals surface area contributed by atoms with Crippen LogP contribution in [0.15, 0.2) is 65.6 Å². The Labute approximate surface area is 177 Å². The Morgan fingerprint density at radius 2 is 1.74 bits per heavy atom. The van der Waals surface area contributed by atoms with Crippen LogP contribution in [-0.4, -0.2) is 42.9 Å². The molecule has 0 heterocycles. The van der Waals surface area contributed by atoms with Gasteiger partial charge in [0.1, 0.15) is 29.5 Å². The van der Waals surface area contributed by atoms with Crippen molar-refractivity contribution in [2.75, 3.05) is 13.2 Å². The molecule has 162 valence electrons. The van der Waals surface area contributed by atoms with Crippen LogP contribution in [0.1, 0.15) is 15.9 Å². The number of carbonyl (C=O) groups is 1. The summed E-state index contributed by atoms with van der Waals surface area (Å²) >= 11 is 0. The molecule has 0 amide bonds. The number of rotatable bonds is 7. The molecule has 0 fully saturated rings. The minimum atomic E-state index is -3.87. The number of carbonyl (C=O) groups excluding carboxylic acids is 1. The Bertz CT molecular complexity index is 1220. The van der Waals surface area contributed by atoms with Crippen LogP contribution in [0.4, 0.5) is 4.39 Å². The van der Waals surface area contributed by atoms with Crippen molar-refractivity contribution in [1.82, 2.24) is 0 Å². The van der Waals surface area contributed by atoms with Crippen molar-refractivity contribution in [2.24, 2.45) is 0 Å². The quantitative estimate of drug-likeness (QED) is 0.477. The number of hydrogen-bond acceptors (Lipinski definition) is 7. The second kappa shape index (κ2) is 9.15. The molecular formula is C22H19FO7S. The summed E-state index contributed by atoms with van der Waals surface area (Å²) < 4.78 is 44.0. The lowest BCUT2D eigenvalue weighted by molar-refractivity contribution is 0.0430. The van der Waals surface area contributed by atoms with Crippen LogP contribution in [0.3, 0.4) is 0 Å². The summed E-state index contributed by atoms with van der Waals surface area (Å²) in [6, 6.07) is 12.9. The number of ether oxygens (including phenoxy) is 1. The van der Waals surface area contributed by atoms with Gasteiger partial charge in [0.05, 0.1) is 17.3 Å². The van der Waals surface area contributed by atoms with Gasteiger partial charge in [0, 0.05) is 5.56 Å². The number of aliphatic hydroxyl groups is 1. The third-order valence-corrected chi connectivity index (χ3v) is 6.11. The zero-order valence-electron chi connectivity index (χ0n) is 16.2. The third kappa shape index (κ3) is 5.19. The maximum absolute atomic E-state index is 13.6. The first-order valence-electron chi connectivity index (χ1n) is 9.13. The summed E-state index contributed by atoms with van der Waals surface area (Å²) in [4.78, 5) is 11.8. The number of hydrogen-bond donors (Lipinski definition) is 3. The summed E-state index contributed by atoms with van der Waals surface area (Å²) in [5, 5.41) is 28.7. The zero-order valence-corrected chi connectivity index (χ0v) is 17.0. The topological polar surface area (TPSA) is 121 Å². The molecule has 7 nitrogen and oxygen atoms in total. The number of aromatic hydroxyl groups is 2. The summed E-state index contributed by atoms with van der Waals surface area (Å²) in [5.74, 6) is -2.53. The van der Waals surface area contributed by atoms with Crippen LogP contribution >= 0.6 is 0 Å². The van der Waals surface area contributed by atoms with Gasteiger partial charge in [0.25, 0.3) is 0 Å². The molecule has 3 N–H and O–H groups in total. The smallest absolute Gasteiger partial charge is 0.341 e. The highest BCUT2D eigenvalue weighted by Gasteiger charge is 2.19. The van der Waals surface area contributed by atoms with Gasteiger partial charge in [-0.3, -0.25) is 0 Å². The second-order valence-corrected chi connectivity index (χ2v) is 8.65. The van der Waals surface area contributed by atoms with Gasteiger partial charge >= 0.3 is 5.97 Å². The van der Waals surface area contributed by atoms with Crippen LogP contribution in [0.5, 0.6) is 11.5 Å². The lowest BCUT2D eigenvalue weighted by Gasteiger charge is -2.10. The Kier molecular flexibility index (Phi) is 6.57. The number of halogens is 1. The largest absolute Gasteiger partial charge is 0.507 e. The van der Waals surface area contributed by atoms with Crippen LogP contribution in [-0.2, 0) is 20.3 Å². The van der Waals surface area contributed by atoms with Gasteiger partial charge in [-0.1, -0.05) is 18.2 Å². The van der Waals surface area contributed by atoms with Gasteiger partial charge in [-0.05, 0) is 53.6 Å². The lowest BCUT2D eigenvalue weighted by atomic mass is 10.0. The number of sulfone groups is 1. The number of esters is 1. The lowest BCUT2D eigenvalue weighted by Crippen LogP contribution is -2.10. The molecule has 9 heteroatoms. The van der Waals surface area contributed by atoms with Crippen LogP contribution in [0.2, 0.25) is 0 Å². The van der Waals surface area contributed by atoms with Crippen LogP contribution in [0, 0.1) is 5.82 Å². The highest BCUT2D eigenvalue weighted by molar-refractivity contribution is 7.90. The fourth-order valence-corrected chi connectivity index (χ4v) is 4.33. The molecule has 31 heavy (non-hydrogen) atoms. The fourth-order valence-electron chi connectivity index (χ4n) is 2.96. The van der Waals surface area contributed by atoms with E-state index < -0.39 is 33.1 Å². The van der Waals surface area contributed by atoms with Gasteiger partial charge in [-0.15, -0.1) is 0 Å². The Morgan fingerprint density at radius 1 is 0.968 bits per heavy atom. The molecule has 0 saturated heterocycles. The van der Waals surface area contributed by atoms with Crippen molar-refractivity contribution in [2.45, 2.75) is 10.6 Å². The molecule has 0 saturated carbocycles. The van der Waals surface area contributed by atoms with Gasteiger partial charge in [-0.2, -0.15) is 0 Å². The molecule has 0 aliphatic rings. The molecule has 3 rings (SSSR count). The first-order valence-corrected chi connectivity index (χ1v) is 10.8. The molecule has 0 spiro atoms. The fraction of sp³-hybridized carbons (Fsp3) is 0.136.